The lowest BCUT2D eigenvalue weighted by atomic mass is 9.99. The molecule has 3 N–H and O–H groups in total. The first kappa shape index (κ1) is 11.5. The number of benzene rings is 1. The predicted molar refractivity (Wildman–Crippen MR) is 66.6 cm³/mol. The van der Waals surface area contributed by atoms with Crippen molar-refractivity contribution in [3.63, 3.8) is 0 Å². The average molecular weight is 248 g/mol. The van der Waals surface area contributed by atoms with E-state index in [9.17, 15) is 4.79 Å². The van der Waals surface area contributed by atoms with Crippen LogP contribution in [0.2, 0.25) is 0 Å². The standard InChI is InChI=1S/C13H16N2O3/c14-13(4-6-17-8-13)12(16)15-10-1-2-11-9(7-10)3-5-18-11/h1-2,7H,3-6,8,14H2,(H,15,16). The molecule has 2 aliphatic heterocycles. The van der Waals surface area contributed by atoms with E-state index in [4.69, 9.17) is 15.2 Å². The minimum Gasteiger partial charge on any atom is -0.493 e. The van der Waals surface area contributed by atoms with Crippen molar-refractivity contribution in [3.8, 4) is 5.75 Å². The molecule has 3 rings (SSSR count). The number of nitrogens with one attached hydrogen (secondary N) is 1. The van der Waals surface area contributed by atoms with Crippen LogP contribution in [-0.2, 0) is 16.0 Å². The van der Waals surface area contributed by atoms with Gasteiger partial charge in [0.05, 0.1) is 13.2 Å². The molecule has 5 nitrogen and oxygen atoms in total. The minimum atomic E-state index is -0.893. The quantitative estimate of drug-likeness (QED) is 0.807. The number of rotatable bonds is 2. The van der Waals surface area contributed by atoms with Gasteiger partial charge < -0.3 is 20.5 Å². The van der Waals surface area contributed by atoms with Crippen molar-refractivity contribution in [2.45, 2.75) is 18.4 Å². The van der Waals surface area contributed by atoms with Gasteiger partial charge in [-0.15, -0.1) is 0 Å². The molecule has 1 aromatic carbocycles. The van der Waals surface area contributed by atoms with Crippen LogP contribution < -0.4 is 15.8 Å². The lowest BCUT2D eigenvalue weighted by Gasteiger charge is -2.20. The van der Waals surface area contributed by atoms with Crippen molar-refractivity contribution in [2.24, 2.45) is 5.73 Å². The van der Waals surface area contributed by atoms with Crippen LogP contribution in [0.15, 0.2) is 18.2 Å². The summed E-state index contributed by atoms with van der Waals surface area (Å²) in [5.41, 5.74) is 7.00. The van der Waals surface area contributed by atoms with E-state index in [1.54, 1.807) is 0 Å². The van der Waals surface area contributed by atoms with Crippen molar-refractivity contribution < 1.29 is 14.3 Å². The second-order valence-electron chi connectivity index (χ2n) is 4.83. The number of fused-ring (bicyclic) bond motifs is 1. The summed E-state index contributed by atoms with van der Waals surface area (Å²) >= 11 is 0. The second kappa shape index (κ2) is 4.26. The number of hydrogen-bond donors (Lipinski definition) is 2. The highest BCUT2D eigenvalue weighted by molar-refractivity contribution is 5.98. The van der Waals surface area contributed by atoms with Crippen molar-refractivity contribution in [1.29, 1.82) is 0 Å². The molecule has 5 heteroatoms. The fourth-order valence-corrected chi connectivity index (χ4v) is 2.28. The van der Waals surface area contributed by atoms with Crippen LogP contribution in [0.5, 0.6) is 5.75 Å². The zero-order chi connectivity index (χ0) is 12.6. The predicted octanol–water partition coefficient (Wildman–Crippen LogP) is 0.678. The zero-order valence-corrected chi connectivity index (χ0v) is 10.1. The van der Waals surface area contributed by atoms with Crippen molar-refractivity contribution >= 4 is 11.6 Å². The van der Waals surface area contributed by atoms with Crippen LogP contribution in [0.1, 0.15) is 12.0 Å². The molecular formula is C13H16N2O3. The molecule has 18 heavy (non-hydrogen) atoms. The van der Waals surface area contributed by atoms with E-state index in [2.05, 4.69) is 5.32 Å². The molecule has 0 bridgehead atoms. The maximum absolute atomic E-state index is 12.1. The Labute approximate surface area is 105 Å². The first-order valence-corrected chi connectivity index (χ1v) is 6.11. The first-order chi connectivity index (χ1) is 8.67. The number of nitrogens with two attached hydrogens (primary N) is 1. The van der Waals surface area contributed by atoms with Crippen LogP contribution in [0.3, 0.4) is 0 Å². The zero-order valence-electron chi connectivity index (χ0n) is 10.1. The smallest absolute Gasteiger partial charge is 0.246 e. The first-order valence-electron chi connectivity index (χ1n) is 6.11. The monoisotopic (exact) mass is 248 g/mol. The van der Waals surface area contributed by atoms with Gasteiger partial charge in [-0.1, -0.05) is 0 Å². The fourth-order valence-electron chi connectivity index (χ4n) is 2.28. The van der Waals surface area contributed by atoms with Crippen LogP contribution in [0.25, 0.3) is 0 Å². The van der Waals surface area contributed by atoms with Crippen LogP contribution in [0.4, 0.5) is 5.69 Å². The highest BCUT2D eigenvalue weighted by Gasteiger charge is 2.38. The Bertz CT molecular complexity index is 481. The molecule has 1 atom stereocenters. The molecular weight excluding hydrogens is 232 g/mol. The Kier molecular flexibility index (Phi) is 2.72. The van der Waals surface area contributed by atoms with E-state index >= 15 is 0 Å². The highest BCUT2D eigenvalue weighted by atomic mass is 16.5. The molecule has 0 spiro atoms. The molecule has 0 aliphatic carbocycles. The van der Waals surface area contributed by atoms with Crippen LogP contribution in [-0.4, -0.2) is 31.3 Å². The summed E-state index contributed by atoms with van der Waals surface area (Å²) in [6, 6.07) is 5.66. The van der Waals surface area contributed by atoms with E-state index < -0.39 is 5.54 Å². The lowest BCUT2D eigenvalue weighted by Crippen LogP contribution is -2.51. The van der Waals surface area contributed by atoms with Crippen molar-refractivity contribution in [1.82, 2.24) is 0 Å². The molecule has 0 radical (unpaired) electrons. The normalized spacial score (nSPS) is 25.6. The molecule has 1 unspecified atom stereocenters. The highest BCUT2D eigenvalue weighted by Crippen LogP contribution is 2.28. The molecule has 2 heterocycles. The third-order valence-electron chi connectivity index (χ3n) is 3.45. The van der Waals surface area contributed by atoms with Gasteiger partial charge in [0.2, 0.25) is 5.91 Å². The summed E-state index contributed by atoms with van der Waals surface area (Å²) in [5.74, 6) is 0.721. The van der Waals surface area contributed by atoms with Gasteiger partial charge in [-0.3, -0.25) is 4.79 Å². The van der Waals surface area contributed by atoms with Gasteiger partial charge in [-0.05, 0) is 30.2 Å². The van der Waals surface area contributed by atoms with Gasteiger partial charge >= 0.3 is 0 Å². The third-order valence-corrected chi connectivity index (χ3v) is 3.45. The van der Waals surface area contributed by atoms with Crippen LogP contribution >= 0.6 is 0 Å². The number of ether oxygens (including phenoxy) is 2. The minimum absolute atomic E-state index is 0.182. The Morgan fingerprint density at radius 2 is 2.28 bits per heavy atom. The van der Waals surface area contributed by atoms with E-state index in [0.717, 1.165) is 23.4 Å². The topological polar surface area (TPSA) is 73.6 Å². The molecule has 0 saturated carbocycles. The molecule has 2 aliphatic rings. The van der Waals surface area contributed by atoms with Gasteiger partial charge in [0.15, 0.2) is 0 Å². The summed E-state index contributed by atoms with van der Waals surface area (Å²) in [7, 11) is 0. The van der Waals surface area contributed by atoms with Crippen molar-refractivity contribution in [2.75, 3.05) is 25.1 Å². The van der Waals surface area contributed by atoms with Crippen molar-refractivity contribution in [3.05, 3.63) is 23.8 Å². The van der Waals surface area contributed by atoms with Gasteiger partial charge in [-0.2, -0.15) is 0 Å². The van der Waals surface area contributed by atoms with E-state index in [0.29, 0.717) is 19.6 Å². The summed E-state index contributed by atoms with van der Waals surface area (Å²) in [6.45, 7) is 1.54. The summed E-state index contributed by atoms with van der Waals surface area (Å²) in [5, 5.41) is 2.85. The van der Waals surface area contributed by atoms with Gasteiger partial charge in [0, 0.05) is 18.7 Å². The fraction of sp³-hybridized carbons (Fsp3) is 0.462. The molecule has 1 amide bonds. The average Bonchev–Trinajstić information content (AvgIpc) is 2.98. The van der Waals surface area contributed by atoms with Gasteiger partial charge in [-0.25, -0.2) is 0 Å². The number of hydrogen-bond acceptors (Lipinski definition) is 4. The van der Waals surface area contributed by atoms with E-state index in [1.807, 2.05) is 18.2 Å². The number of anilines is 1. The largest absolute Gasteiger partial charge is 0.493 e. The molecule has 1 aromatic rings. The number of carbonyl (C=O) groups is 1. The number of amides is 1. The molecule has 1 saturated heterocycles. The van der Waals surface area contributed by atoms with E-state index in [1.165, 1.54) is 0 Å². The Hall–Kier alpha value is -1.59. The third kappa shape index (κ3) is 1.95. The van der Waals surface area contributed by atoms with Gasteiger partial charge in [0.1, 0.15) is 11.3 Å². The Morgan fingerprint density at radius 1 is 1.39 bits per heavy atom. The number of carbonyl (C=O) groups excluding carboxylic acids is 1. The lowest BCUT2D eigenvalue weighted by molar-refractivity contribution is -0.121. The van der Waals surface area contributed by atoms with E-state index in [-0.39, 0.29) is 12.5 Å². The Balaban J connectivity index is 1.74. The maximum atomic E-state index is 12.1. The summed E-state index contributed by atoms with van der Waals surface area (Å²) in [6.07, 6.45) is 1.45. The molecule has 0 aromatic heterocycles. The van der Waals surface area contributed by atoms with Gasteiger partial charge in [0.25, 0.3) is 0 Å². The molecule has 1 fully saturated rings. The molecule has 96 valence electrons. The summed E-state index contributed by atoms with van der Waals surface area (Å²) < 4.78 is 10.6. The summed E-state index contributed by atoms with van der Waals surface area (Å²) in [4.78, 5) is 12.1. The van der Waals surface area contributed by atoms with Crippen LogP contribution in [0, 0.1) is 0 Å². The maximum Gasteiger partial charge on any atom is 0.246 e. The SMILES string of the molecule is NC1(C(=O)Nc2ccc3c(c2)CCO3)CCOC1. The Morgan fingerprint density at radius 3 is 3.06 bits per heavy atom. The second-order valence-corrected chi connectivity index (χ2v) is 4.83.